The minimum absolute atomic E-state index is 0.0146. The summed E-state index contributed by atoms with van der Waals surface area (Å²) in [5, 5.41) is 10.9. The highest BCUT2D eigenvalue weighted by Gasteiger charge is 2.37. The average molecular weight is 464 g/mol. The van der Waals surface area contributed by atoms with Gasteiger partial charge in [0.05, 0.1) is 11.9 Å². The van der Waals surface area contributed by atoms with Gasteiger partial charge in [-0.3, -0.25) is 9.55 Å². The van der Waals surface area contributed by atoms with E-state index in [1.165, 1.54) is 24.5 Å². The molecular formula is C21H19F3N4O5. The number of nitro groups is 1. The van der Waals surface area contributed by atoms with Crippen molar-refractivity contribution in [3.8, 4) is 11.8 Å². The van der Waals surface area contributed by atoms with E-state index in [0.29, 0.717) is 30.0 Å². The number of hydrogen-bond donors (Lipinski definition) is 0. The Labute approximate surface area is 186 Å². The molecule has 33 heavy (non-hydrogen) atoms. The molecule has 0 saturated carbocycles. The molecular weight excluding hydrogens is 445 g/mol. The maximum atomic E-state index is 12.4. The maximum absolute atomic E-state index is 12.4. The Hall–Kier alpha value is -3.83. The van der Waals surface area contributed by atoms with Gasteiger partial charge in [0, 0.05) is 24.4 Å². The van der Waals surface area contributed by atoms with Crippen molar-refractivity contribution in [1.29, 1.82) is 0 Å². The fraction of sp³-hybridized carbons (Fsp3) is 0.333. The van der Waals surface area contributed by atoms with E-state index in [2.05, 4.69) is 14.7 Å². The Morgan fingerprint density at radius 1 is 1.33 bits per heavy atom. The van der Waals surface area contributed by atoms with E-state index in [-0.39, 0.29) is 30.6 Å². The van der Waals surface area contributed by atoms with Crippen LogP contribution in [0.15, 0.2) is 54.6 Å². The Morgan fingerprint density at radius 3 is 2.85 bits per heavy atom. The minimum atomic E-state index is -4.73. The van der Waals surface area contributed by atoms with Crippen LogP contribution in [0.1, 0.15) is 25.5 Å². The van der Waals surface area contributed by atoms with Gasteiger partial charge in [-0.15, -0.1) is 13.2 Å². The van der Waals surface area contributed by atoms with E-state index in [1.54, 1.807) is 28.9 Å². The Kier molecular flexibility index (Phi) is 5.83. The van der Waals surface area contributed by atoms with E-state index in [0.717, 1.165) is 0 Å². The fourth-order valence-corrected chi connectivity index (χ4v) is 3.32. The highest BCUT2D eigenvalue weighted by molar-refractivity contribution is 5.73. The SMILES string of the molecule is CC1(COc2ccc(C3=CC=C(OC(F)(F)F)CC=C3)nc2)CCn2cc([N+](=O)[O-])nc2O1. The standard InChI is InChI=1S/C21H19F3N4O5/c1-20(9-10-27-12-18(28(29)30)26-19(27)33-20)13-31-16-7-8-17(25-11-16)14-3-2-4-15(6-5-14)32-21(22,23)24/h2-3,5-8,11-12H,4,9-10,13H2,1H3. The van der Waals surface area contributed by atoms with Crippen molar-refractivity contribution >= 4 is 11.4 Å². The number of imidazole rings is 1. The first-order valence-corrected chi connectivity index (χ1v) is 9.93. The highest BCUT2D eigenvalue weighted by Crippen LogP contribution is 2.31. The fourth-order valence-electron chi connectivity index (χ4n) is 3.32. The first-order valence-electron chi connectivity index (χ1n) is 9.93. The molecule has 4 rings (SSSR count). The monoisotopic (exact) mass is 464 g/mol. The van der Waals surface area contributed by atoms with Gasteiger partial charge in [0.2, 0.25) is 0 Å². The molecule has 0 radical (unpaired) electrons. The summed E-state index contributed by atoms with van der Waals surface area (Å²) in [6.07, 6.45) is 4.69. The normalized spacial score (nSPS) is 20.1. The van der Waals surface area contributed by atoms with Crippen molar-refractivity contribution in [3.05, 3.63) is 70.4 Å². The lowest BCUT2D eigenvalue weighted by Crippen LogP contribution is -2.43. The lowest BCUT2D eigenvalue weighted by molar-refractivity contribution is -0.389. The minimum Gasteiger partial charge on any atom is -0.488 e. The highest BCUT2D eigenvalue weighted by atomic mass is 19.4. The zero-order valence-electron chi connectivity index (χ0n) is 17.4. The lowest BCUT2D eigenvalue weighted by atomic mass is 10.0. The number of alkyl halides is 3. The van der Waals surface area contributed by atoms with Crippen molar-refractivity contribution in [2.45, 2.75) is 38.3 Å². The van der Waals surface area contributed by atoms with Gasteiger partial charge in [-0.1, -0.05) is 12.2 Å². The van der Waals surface area contributed by atoms with Crippen LogP contribution in [0, 0.1) is 10.1 Å². The first kappa shape index (κ1) is 22.4. The van der Waals surface area contributed by atoms with Gasteiger partial charge in [0.15, 0.2) is 0 Å². The van der Waals surface area contributed by atoms with Crippen LogP contribution in [0.4, 0.5) is 19.0 Å². The topological polar surface area (TPSA) is 102 Å². The molecule has 0 N–H and O–H groups in total. The molecule has 1 aliphatic carbocycles. The summed E-state index contributed by atoms with van der Waals surface area (Å²) < 4.78 is 54.4. The van der Waals surface area contributed by atoms with Crippen LogP contribution in [0.2, 0.25) is 0 Å². The Morgan fingerprint density at radius 2 is 2.15 bits per heavy atom. The number of aromatic nitrogens is 3. The van der Waals surface area contributed by atoms with Crippen LogP contribution in [-0.4, -0.2) is 38.0 Å². The summed E-state index contributed by atoms with van der Waals surface area (Å²) in [4.78, 5) is 18.5. The van der Waals surface area contributed by atoms with Gasteiger partial charge in [0.1, 0.15) is 29.9 Å². The molecule has 0 amide bonds. The van der Waals surface area contributed by atoms with Crippen LogP contribution in [0.25, 0.3) is 5.57 Å². The molecule has 3 heterocycles. The lowest BCUT2D eigenvalue weighted by Gasteiger charge is -2.32. The van der Waals surface area contributed by atoms with Gasteiger partial charge < -0.3 is 24.3 Å². The van der Waals surface area contributed by atoms with Crippen molar-refractivity contribution in [2.75, 3.05) is 6.61 Å². The van der Waals surface area contributed by atoms with Crippen LogP contribution in [0.5, 0.6) is 11.8 Å². The first-order chi connectivity index (χ1) is 15.6. The molecule has 0 aromatic carbocycles. The van der Waals surface area contributed by atoms with E-state index in [1.807, 2.05) is 6.92 Å². The molecule has 1 aliphatic heterocycles. The van der Waals surface area contributed by atoms with Gasteiger partial charge in [-0.25, -0.2) is 0 Å². The molecule has 0 bridgehead atoms. The smallest absolute Gasteiger partial charge is 0.488 e. The van der Waals surface area contributed by atoms with E-state index in [4.69, 9.17) is 9.47 Å². The summed E-state index contributed by atoms with van der Waals surface area (Å²) in [5.74, 6) is -0.0116. The number of nitrogens with zero attached hydrogens (tertiary/aromatic N) is 4. The number of rotatable bonds is 6. The second-order valence-corrected chi connectivity index (χ2v) is 7.71. The Balaban J connectivity index is 1.38. The molecule has 0 spiro atoms. The number of fused-ring (bicyclic) bond motifs is 1. The van der Waals surface area contributed by atoms with E-state index < -0.39 is 16.9 Å². The van der Waals surface area contributed by atoms with Crippen LogP contribution >= 0.6 is 0 Å². The summed E-state index contributed by atoms with van der Waals surface area (Å²) in [6.45, 7) is 2.49. The Bertz CT molecular complexity index is 1140. The molecule has 2 aromatic heterocycles. The number of ether oxygens (including phenoxy) is 3. The predicted molar refractivity (Wildman–Crippen MR) is 109 cm³/mol. The third-order valence-corrected chi connectivity index (χ3v) is 5.02. The van der Waals surface area contributed by atoms with Crippen molar-refractivity contribution in [1.82, 2.24) is 14.5 Å². The van der Waals surface area contributed by atoms with E-state index >= 15 is 0 Å². The van der Waals surface area contributed by atoms with Crippen molar-refractivity contribution in [3.63, 3.8) is 0 Å². The van der Waals surface area contributed by atoms with Gasteiger partial charge >= 0.3 is 18.2 Å². The zero-order chi connectivity index (χ0) is 23.6. The largest absolute Gasteiger partial charge is 0.572 e. The average Bonchev–Trinajstić information content (AvgIpc) is 3.04. The van der Waals surface area contributed by atoms with Crippen LogP contribution in [0.3, 0.4) is 0 Å². The van der Waals surface area contributed by atoms with Crippen molar-refractivity contribution in [2.24, 2.45) is 0 Å². The molecule has 0 saturated heterocycles. The second-order valence-electron chi connectivity index (χ2n) is 7.71. The number of hydrogen-bond acceptors (Lipinski definition) is 7. The summed E-state index contributed by atoms with van der Waals surface area (Å²) in [6, 6.07) is 3.55. The summed E-state index contributed by atoms with van der Waals surface area (Å²) in [7, 11) is 0. The van der Waals surface area contributed by atoms with E-state index in [9.17, 15) is 23.3 Å². The molecule has 174 valence electrons. The zero-order valence-corrected chi connectivity index (χ0v) is 17.4. The summed E-state index contributed by atoms with van der Waals surface area (Å²) in [5.41, 5.74) is 0.441. The number of halogens is 3. The molecule has 9 nitrogen and oxygen atoms in total. The second kappa shape index (κ2) is 8.60. The molecule has 0 fully saturated rings. The number of pyridine rings is 1. The van der Waals surface area contributed by atoms with Crippen LogP contribution in [-0.2, 0) is 11.3 Å². The number of allylic oxidation sites excluding steroid dienone is 5. The molecule has 12 heteroatoms. The quantitative estimate of drug-likeness (QED) is 0.456. The maximum Gasteiger partial charge on any atom is 0.572 e. The van der Waals surface area contributed by atoms with Gasteiger partial charge in [-0.2, -0.15) is 0 Å². The predicted octanol–water partition coefficient (Wildman–Crippen LogP) is 4.57. The molecule has 1 atom stereocenters. The van der Waals surface area contributed by atoms with Gasteiger partial charge in [0.25, 0.3) is 0 Å². The molecule has 2 aromatic rings. The molecule has 1 unspecified atom stereocenters. The third kappa shape index (κ3) is 5.51. The van der Waals surface area contributed by atoms with Crippen LogP contribution < -0.4 is 9.47 Å². The number of aryl methyl sites for hydroxylation is 1. The summed E-state index contributed by atoms with van der Waals surface area (Å²) >= 11 is 0. The third-order valence-electron chi connectivity index (χ3n) is 5.02. The van der Waals surface area contributed by atoms with Crippen molar-refractivity contribution < 1.29 is 32.3 Å². The molecule has 2 aliphatic rings. The van der Waals surface area contributed by atoms with Gasteiger partial charge in [-0.05, 0) is 41.7 Å².